The summed E-state index contributed by atoms with van der Waals surface area (Å²) in [6.45, 7) is 7.68. The summed E-state index contributed by atoms with van der Waals surface area (Å²) in [6, 6.07) is 0. The van der Waals surface area contributed by atoms with Crippen LogP contribution in [-0.4, -0.2) is 37.1 Å². The van der Waals surface area contributed by atoms with Gasteiger partial charge in [-0.05, 0) is 20.3 Å². The summed E-state index contributed by atoms with van der Waals surface area (Å²) >= 11 is 0. The van der Waals surface area contributed by atoms with E-state index in [-0.39, 0.29) is 0 Å². The highest BCUT2D eigenvalue weighted by Gasteiger charge is 2.20. The Hall–Kier alpha value is -0.120. The second kappa shape index (κ2) is 6.40. The smallest absolute Gasteiger partial charge is 0.108 e. The summed E-state index contributed by atoms with van der Waals surface area (Å²) < 4.78 is 10.3. The van der Waals surface area contributed by atoms with E-state index < -0.39 is 5.60 Å². The molecule has 0 aromatic heterocycles. The molecule has 0 aliphatic rings. The van der Waals surface area contributed by atoms with Crippen LogP contribution in [0.25, 0.3) is 0 Å². The van der Waals surface area contributed by atoms with E-state index in [9.17, 15) is 5.11 Å². The zero-order chi connectivity index (χ0) is 9.45. The topological polar surface area (TPSA) is 38.7 Å². The minimum absolute atomic E-state index is 0.340. The molecular formula is C9H20O3. The Morgan fingerprint density at radius 3 is 2.25 bits per heavy atom. The van der Waals surface area contributed by atoms with Gasteiger partial charge in [0.1, 0.15) is 5.60 Å². The van der Waals surface area contributed by atoms with Crippen LogP contribution in [-0.2, 0) is 9.47 Å². The zero-order valence-electron chi connectivity index (χ0n) is 8.30. The number of rotatable bonds is 7. The Morgan fingerprint density at radius 2 is 1.75 bits per heavy atom. The molecule has 0 aromatic rings. The Bertz CT molecular complexity index is 102. The zero-order valence-corrected chi connectivity index (χ0v) is 8.30. The predicted octanol–water partition coefficient (Wildman–Crippen LogP) is 1.20. The molecule has 0 radical (unpaired) electrons. The van der Waals surface area contributed by atoms with E-state index in [1.807, 2.05) is 13.8 Å². The Labute approximate surface area is 74.7 Å². The molecule has 0 aliphatic carbocycles. The molecule has 3 nitrogen and oxygen atoms in total. The van der Waals surface area contributed by atoms with Gasteiger partial charge >= 0.3 is 0 Å². The van der Waals surface area contributed by atoms with Gasteiger partial charge in [-0.15, -0.1) is 0 Å². The Balaban J connectivity index is 3.42. The summed E-state index contributed by atoms with van der Waals surface area (Å²) in [5.41, 5.74) is -0.842. The molecule has 0 spiro atoms. The highest BCUT2D eigenvalue weighted by Crippen LogP contribution is 2.04. The van der Waals surface area contributed by atoms with E-state index in [0.717, 1.165) is 6.42 Å². The normalized spacial score (nSPS) is 16.0. The number of aliphatic hydroxyl groups is 1. The molecule has 0 aromatic carbocycles. The van der Waals surface area contributed by atoms with Gasteiger partial charge in [-0.1, -0.05) is 6.92 Å². The van der Waals surface area contributed by atoms with Crippen molar-refractivity contribution in [2.75, 3.05) is 26.4 Å². The Morgan fingerprint density at radius 1 is 1.17 bits per heavy atom. The maximum Gasteiger partial charge on any atom is 0.108 e. The summed E-state index contributed by atoms with van der Waals surface area (Å²) in [7, 11) is 0. The average Bonchev–Trinajstić information content (AvgIpc) is 2.01. The van der Waals surface area contributed by atoms with Crippen molar-refractivity contribution in [3.8, 4) is 0 Å². The van der Waals surface area contributed by atoms with Crippen LogP contribution in [0.5, 0.6) is 0 Å². The van der Waals surface area contributed by atoms with Gasteiger partial charge in [0.15, 0.2) is 0 Å². The van der Waals surface area contributed by atoms with Gasteiger partial charge in [0.05, 0.1) is 13.2 Å². The van der Waals surface area contributed by atoms with Gasteiger partial charge in [0.2, 0.25) is 0 Å². The van der Waals surface area contributed by atoms with Crippen LogP contribution in [0.1, 0.15) is 27.2 Å². The summed E-state index contributed by atoms with van der Waals surface area (Å²) in [6.07, 6.45) is 0.977. The van der Waals surface area contributed by atoms with Gasteiger partial charge in [0.25, 0.3) is 0 Å². The monoisotopic (exact) mass is 176 g/mol. The molecule has 1 unspecified atom stereocenters. The second-order valence-corrected chi connectivity index (χ2v) is 3.19. The van der Waals surface area contributed by atoms with Crippen molar-refractivity contribution in [1.82, 2.24) is 0 Å². The highest BCUT2D eigenvalue weighted by atomic mass is 16.5. The van der Waals surface area contributed by atoms with Gasteiger partial charge < -0.3 is 14.6 Å². The first kappa shape index (κ1) is 11.9. The van der Waals surface area contributed by atoms with Crippen molar-refractivity contribution in [3.05, 3.63) is 0 Å². The third-order valence-electron chi connectivity index (χ3n) is 1.38. The number of ether oxygens (including phenoxy) is 2. The standard InChI is InChI=1S/C9H20O3/c1-4-6-12-8-9(3,10)7-11-5-2/h10H,4-8H2,1-3H3. The third kappa shape index (κ3) is 6.58. The molecule has 0 heterocycles. The first-order chi connectivity index (χ1) is 5.62. The first-order valence-corrected chi connectivity index (χ1v) is 4.50. The lowest BCUT2D eigenvalue weighted by Gasteiger charge is -2.22. The Kier molecular flexibility index (Phi) is 6.34. The van der Waals surface area contributed by atoms with E-state index in [1.165, 1.54) is 0 Å². The maximum absolute atomic E-state index is 9.62. The quantitative estimate of drug-likeness (QED) is 0.592. The molecule has 3 heteroatoms. The van der Waals surface area contributed by atoms with Crippen LogP contribution in [0.15, 0.2) is 0 Å². The molecule has 1 N–H and O–H groups in total. The van der Waals surface area contributed by atoms with E-state index in [2.05, 4.69) is 0 Å². The van der Waals surface area contributed by atoms with Gasteiger partial charge in [-0.3, -0.25) is 0 Å². The lowest BCUT2D eigenvalue weighted by molar-refractivity contribution is -0.0822. The molecule has 0 bridgehead atoms. The lowest BCUT2D eigenvalue weighted by Crippen LogP contribution is -2.36. The lowest BCUT2D eigenvalue weighted by atomic mass is 10.1. The number of hydrogen-bond acceptors (Lipinski definition) is 3. The third-order valence-corrected chi connectivity index (χ3v) is 1.38. The van der Waals surface area contributed by atoms with Crippen LogP contribution < -0.4 is 0 Å². The molecular weight excluding hydrogens is 156 g/mol. The minimum Gasteiger partial charge on any atom is -0.385 e. The van der Waals surface area contributed by atoms with E-state index in [1.54, 1.807) is 6.92 Å². The first-order valence-electron chi connectivity index (χ1n) is 4.50. The fraction of sp³-hybridized carbons (Fsp3) is 1.00. The van der Waals surface area contributed by atoms with Crippen LogP contribution in [0.2, 0.25) is 0 Å². The SMILES string of the molecule is CCCOCC(C)(O)COCC. The number of hydrogen-bond donors (Lipinski definition) is 1. The van der Waals surface area contributed by atoms with Crippen molar-refractivity contribution in [2.45, 2.75) is 32.8 Å². The summed E-state index contributed by atoms with van der Waals surface area (Å²) in [4.78, 5) is 0. The molecule has 0 aliphatic heterocycles. The van der Waals surface area contributed by atoms with Crippen molar-refractivity contribution in [1.29, 1.82) is 0 Å². The van der Waals surface area contributed by atoms with Crippen molar-refractivity contribution in [2.24, 2.45) is 0 Å². The van der Waals surface area contributed by atoms with Crippen LogP contribution in [0, 0.1) is 0 Å². The van der Waals surface area contributed by atoms with E-state index in [0.29, 0.717) is 26.4 Å². The van der Waals surface area contributed by atoms with Crippen LogP contribution in [0.4, 0.5) is 0 Å². The summed E-state index contributed by atoms with van der Waals surface area (Å²) in [5, 5.41) is 9.62. The van der Waals surface area contributed by atoms with E-state index >= 15 is 0 Å². The van der Waals surface area contributed by atoms with Gasteiger partial charge in [-0.2, -0.15) is 0 Å². The molecule has 12 heavy (non-hydrogen) atoms. The molecule has 0 fully saturated rings. The van der Waals surface area contributed by atoms with Crippen molar-refractivity contribution < 1.29 is 14.6 Å². The van der Waals surface area contributed by atoms with Crippen LogP contribution >= 0.6 is 0 Å². The van der Waals surface area contributed by atoms with E-state index in [4.69, 9.17) is 9.47 Å². The van der Waals surface area contributed by atoms with Gasteiger partial charge in [-0.25, -0.2) is 0 Å². The molecule has 0 rings (SSSR count). The highest BCUT2D eigenvalue weighted by molar-refractivity contribution is 4.70. The van der Waals surface area contributed by atoms with Crippen molar-refractivity contribution >= 4 is 0 Å². The van der Waals surface area contributed by atoms with Gasteiger partial charge in [0, 0.05) is 13.2 Å². The van der Waals surface area contributed by atoms with Crippen molar-refractivity contribution in [3.63, 3.8) is 0 Å². The summed E-state index contributed by atoms with van der Waals surface area (Å²) in [5.74, 6) is 0. The second-order valence-electron chi connectivity index (χ2n) is 3.19. The maximum atomic E-state index is 9.62. The molecule has 0 saturated heterocycles. The fourth-order valence-corrected chi connectivity index (χ4v) is 0.800. The fourth-order valence-electron chi connectivity index (χ4n) is 0.800. The largest absolute Gasteiger partial charge is 0.385 e. The molecule has 1 atom stereocenters. The predicted molar refractivity (Wildman–Crippen MR) is 48.2 cm³/mol. The minimum atomic E-state index is -0.842. The molecule has 74 valence electrons. The van der Waals surface area contributed by atoms with Crippen LogP contribution in [0.3, 0.4) is 0 Å². The average molecular weight is 176 g/mol. The molecule has 0 amide bonds. The molecule has 0 saturated carbocycles.